The van der Waals surface area contributed by atoms with Gasteiger partial charge >= 0.3 is 0 Å². The first-order valence-electron chi connectivity index (χ1n) is 8.74. The first-order valence-corrected chi connectivity index (χ1v) is 9.87. The number of anilines is 2. The molecular formula is C20H15Cl3N4O3. The third-order valence-electron chi connectivity index (χ3n) is 4.09. The van der Waals surface area contributed by atoms with Crippen molar-refractivity contribution >= 4 is 63.8 Å². The van der Waals surface area contributed by atoms with Crippen LogP contribution in [0.2, 0.25) is 15.1 Å². The smallest absolute Gasteiger partial charge is 0.274 e. The minimum Gasteiger partial charge on any atom is -0.340 e. The molecule has 30 heavy (non-hydrogen) atoms. The fourth-order valence-electron chi connectivity index (χ4n) is 2.63. The Labute approximate surface area is 186 Å². The molecule has 0 aliphatic carbocycles. The number of nitrogens with zero attached hydrogens (tertiary/aromatic N) is 1. The van der Waals surface area contributed by atoms with Gasteiger partial charge in [-0.2, -0.15) is 0 Å². The van der Waals surface area contributed by atoms with Crippen LogP contribution in [0, 0.1) is 0 Å². The third-order valence-corrected chi connectivity index (χ3v) is 4.90. The molecule has 0 atom stereocenters. The largest absolute Gasteiger partial charge is 0.340 e. The minimum absolute atomic E-state index is 0.0891. The van der Waals surface area contributed by atoms with Gasteiger partial charge in [-0.15, -0.1) is 0 Å². The summed E-state index contributed by atoms with van der Waals surface area (Å²) in [4.78, 5) is 43.3. The van der Waals surface area contributed by atoms with Crippen LogP contribution in [0.15, 0.2) is 42.7 Å². The molecule has 154 valence electrons. The van der Waals surface area contributed by atoms with Crippen molar-refractivity contribution in [3.63, 3.8) is 0 Å². The van der Waals surface area contributed by atoms with Crippen LogP contribution in [-0.2, 0) is 0 Å². The molecule has 1 aromatic heterocycles. The van der Waals surface area contributed by atoms with Gasteiger partial charge in [-0.05, 0) is 36.4 Å². The number of amides is 2. The number of nitrogens with one attached hydrogen (secondary N) is 3. The average Bonchev–Trinajstić information content (AvgIpc) is 3.18. The highest BCUT2D eigenvalue weighted by atomic mass is 35.5. The predicted molar refractivity (Wildman–Crippen MR) is 117 cm³/mol. The van der Waals surface area contributed by atoms with E-state index in [0.717, 1.165) is 0 Å². The summed E-state index contributed by atoms with van der Waals surface area (Å²) in [5.41, 5.74) is 1.21. The molecule has 3 rings (SSSR count). The lowest BCUT2D eigenvalue weighted by molar-refractivity contribution is 0.0963. The van der Waals surface area contributed by atoms with Crippen LogP contribution in [0.4, 0.5) is 11.4 Å². The Balaban J connectivity index is 1.70. The maximum atomic E-state index is 12.5. The van der Waals surface area contributed by atoms with Crippen molar-refractivity contribution < 1.29 is 14.4 Å². The molecule has 0 fully saturated rings. The van der Waals surface area contributed by atoms with Gasteiger partial charge in [0, 0.05) is 22.8 Å². The molecule has 0 saturated heterocycles. The topological polar surface area (TPSA) is 104 Å². The monoisotopic (exact) mass is 464 g/mol. The molecule has 1 heterocycles. The van der Waals surface area contributed by atoms with Gasteiger partial charge in [0.15, 0.2) is 5.78 Å². The van der Waals surface area contributed by atoms with E-state index in [9.17, 15) is 14.4 Å². The van der Waals surface area contributed by atoms with Gasteiger partial charge in [0.05, 0.1) is 21.9 Å². The van der Waals surface area contributed by atoms with E-state index >= 15 is 0 Å². The van der Waals surface area contributed by atoms with E-state index in [2.05, 4.69) is 20.6 Å². The van der Waals surface area contributed by atoms with Crippen LogP contribution in [0.25, 0.3) is 0 Å². The van der Waals surface area contributed by atoms with Gasteiger partial charge in [-0.25, -0.2) is 4.98 Å². The number of hydrogen-bond donors (Lipinski definition) is 3. The summed E-state index contributed by atoms with van der Waals surface area (Å²) in [6, 6.07) is 9.23. The lowest BCUT2D eigenvalue weighted by Gasteiger charge is -2.10. The van der Waals surface area contributed by atoms with Crippen molar-refractivity contribution in [1.82, 2.24) is 9.97 Å². The van der Waals surface area contributed by atoms with E-state index in [0.29, 0.717) is 16.4 Å². The van der Waals surface area contributed by atoms with Crippen molar-refractivity contribution in [2.75, 3.05) is 10.6 Å². The molecule has 0 aliphatic heterocycles. The average molecular weight is 466 g/mol. The maximum absolute atomic E-state index is 12.5. The number of carbonyl (C=O) groups excluding carboxylic acids is 3. The molecule has 0 unspecified atom stereocenters. The number of Topliss-reactive ketones (excluding diaryl/α,β-unsaturated/α-hetero) is 1. The third kappa shape index (κ3) is 4.81. The standard InChI is InChI=1S/C20H15Cl3N4O3/c1-2-15(28)17-18(25-9-24-17)20(30)27-12-5-3-11(4-6-12)26-19(29)16-13(22)7-10(21)8-14(16)23/h3-9H,2H2,1H3,(H,24,25)(H,26,29)(H,27,30). The number of hydrogen-bond acceptors (Lipinski definition) is 4. The molecule has 3 aromatic rings. The van der Waals surface area contributed by atoms with Crippen LogP contribution < -0.4 is 10.6 Å². The summed E-state index contributed by atoms with van der Waals surface area (Å²) >= 11 is 18.0. The second kappa shape index (κ2) is 9.30. The number of benzene rings is 2. The second-order valence-corrected chi connectivity index (χ2v) is 7.38. The number of aromatic amines is 1. The Morgan fingerprint density at radius 2 is 1.47 bits per heavy atom. The molecule has 7 nitrogen and oxygen atoms in total. The van der Waals surface area contributed by atoms with Gasteiger partial charge in [-0.1, -0.05) is 41.7 Å². The van der Waals surface area contributed by atoms with Crippen molar-refractivity contribution in [2.45, 2.75) is 13.3 Å². The van der Waals surface area contributed by atoms with Crippen LogP contribution in [0.5, 0.6) is 0 Å². The van der Waals surface area contributed by atoms with Crippen molar-refractivity contribution in [3.8, 4) is 0 Å². The Hall–Kier alpha value is -2.87. The zero-order valence-electron chi connectivity index (χ0n) is 15.6. The number of H-pyrrole nitrogens is 1. The van der Waals surface area contributed by atoms with Crippen LogP contribution >= 0.6 is 34.8 Å². The van der Waals surface area contributed by atoms with E-state index in [-0.39, 0.29) is 39.2 Å². The summed E-state index contributed by atoms with van der Waals surface area (Å²) in [5, 5.41) is 5.93. The first-order chi connectivity index (χ1) is 14.3. The van der Waals surface area contributed by atoms with Gasteiger partial charge in [0.1, 0.15) is 11.4 Å². The Morgan fingerprint density at radius 1 is 0.933 bits per heavy atom. The second-order valence-electron chi connectivity index (χ2n) is 6.13. The summed E-state index contributed by atoms with van der Waals surface area (Å²) in [5.74, 6) is -1.24. The molecular weight excluding hydrogens is 451 g/mol. The van der Waals surface area contributed by atoms with Gasteiger partial charge < -0.3 is 15.6 Å². The highest BCUT2D eigenvalue weighted by molar-refractivity contribution is 6.42. The zero-order valence-corrected chi connectivity index (χ0v) is 17.8. The SMILES string of the molecule is CCC(=O)c1nc[nH]c1C(=O)Nc1ccc(NC(=O)c2c(Cl)cc(Cl)cc2Cl)cc1. The minimum atomic E-state index is -0.501. The zero-order chi connectivity index (χ0) is 21.8. The Kier molecular flexibility index (Phi) is 6.77. The molecule has 2 aromatic carbocycles. The number of rotatable bonds is 6. The highest BCUT2D eigenvalue weighted by Gasteiger charge is 2.19. The Bertz CT molecular complexity index is 1100. The van der Waals surface area contributed by atoms with E-state index in [4.69, 9.17) is 34.8 Å². The van der Waals surface area contributed by atoms with E-state index in [1.54, 1.807) is 31.2 Å². The maximum Gasteiger partial charge on any atom is 0.274 e. The number of imidazole rings is 1. The number of carbonyl (C=O) groups is 3. The summed E-state index contributed by atoms with van der Waals surface area (Å²) in [7, 11) is 0. The van der Waals surface area contributed by atoms with Crippen LogP contribution in [0.1, 0.15) is 44.7 Å². The van der Waals surface area contributed by atoms with Gasteiger partial charge in [0.25, 0.3) is 11.8 Å². The lowest BCUT2D eigenvalue weighted by atomic mass is 10.2. The summed E-state index contributed by atoms with van der Waals surface area (Å²) in [6.07, 6.45) is 1.53. The van der Waals surface area contributed by atoms with E-state index in [1.807, 2.05) is 0 Å². The van der Waals surface area contributed by atoms with Gasteiger partial charge in [-0.3, -0.25) is 14.4 Å². The number of aromatic nitrogens is 2. The number of halogens is 3. The summed E-state index contributed by atoms with van der Waals surface area (Å²) < 4.78 is 0. The first kappa shape index (κ1) is 21.8. The fourth-order valence-corrected chi connectivity index (χ4v) is 3.62. The van der Waals surface area contributed by atoms with Gasteiger partial charge in [0.2, 0.25) is 0 Å². The molecule has 0 bridgehead atoms. The highest BCUT2D eigenvalue weighted by Crippen LogP contribution is 2.29. The van der Waals surface area contributed by atoms with Crippen LogP contribution in [-0.4, -0.2) is 27.6 Å². The van der Waals surface area contributed by atoms with Crippen molar-refractivity contribution in [1.29, 1.82) is 0 Å². The van der Waals surface area contributed by atoms with E-state index < -0.39 is 11.8 Å². The normalized spacial score (nSPS) is 10.5. The molecule has 0 radical (unpaired) electrons. The molecule has 10 heteroatoms. The van der Waals surface area contributed by atoms with Crippen LogP contribution in [0.3, 0.4) is 0 Å². The quantitative estimate of drug-likeness (QED) is 0.420. The van der Waals surface area contributed by atoms with Crippen molar-refractivity contribution in [2.24, 2.45) is 0 Å². The predicted octanol–water partition coefficient (Wildman–Crippen LogP) is 5.47. The van der Waals surface area contributed by atoms with Crippen molar-refractivity contribution in [3.05, 3.63) is 74.7 Å². The fraction of sp³-hybridized carbons (Fsp3) is 0.100. The lowest BCUT2D eigenvalue weighted by Crippen LogP contribution is -2.16. The molecule has 0 spiro atoms. The molecule has 2 amide bonds. The number of ketones is 1. The van der Waals surface area contributed by atoms with E-state index in [1.165, 1.54) is 18.5 Å². The Morgan fingerprint density at radius 3 is 2.00 bits per heavy atom. The summed E-state index contributed by atoms with van der Waals surface area (Å²) in [6.45, 7) is 1.69. The molecule has 3 N–H and O–H groups in total. The molecule has 0 saturated carbocycles. The molecule has 0 aliphatic rings.